The first kappa shape index (κ1) is 16.7. The fourth-order valence-electron chi connectivity index (χ4n) is 2.69. The van der Waals surface area contributed by atoms with Crippen LogP contribution in [0.5, 0.6) is 0 Å². The molecule has 24 heavy (non-hydrogen) atoms. The minimum atomic E-state index is -0.847. The van der Waals surface area contributed by atoms with Crippen molar-refractivity contribution >= 4 is 28.3 Å². The molecular formula is C20H21ClN2O. The largest absolute Gasteiger partial charge is 0.383 e. The van der Waals surface area contributed by atoms with Crippen molar-refractivity contribution < 1.29 is 5.11 Å². The van der Waals surface area contributed by atoms with Crippen LogP contribution in [0.3, 0.4) is 0 Å². The Bertz CT molecular complexity index is 857. The van der Waals surface area contributed by atoms with Crippen LogP contribution in [0, 0.1) is 0 Å². The van der Waals surface area contributed by atoms with Crippen LogP contribution < -0.4 is 5.32 Å². The van der Waals surface area contributed by atoms with E-state index in [2.05, 4.69) is 26.1 Å². The fraction of sp³-hybridized carbons (Fsp3) is 0.250. The van der Waals surface area contributed by atoms with Crippen molar-refractivity contribution in [1.82, 2.24) is 4.98 Å². The molecule has 0 radical (unpaired) electrons. The zero-order valence-corrected chi connectivity index (χ0v) is 14.8. The van der Waals surface area contributed by atoms with Crippen molar-refractivity contribution in [3.8, 4) is 0 Å². The zero-order chi connectivity index (χ0) is 17.3. The number of halogens is 1. The first-order valence-corrected chi connectivity index (χ1v) is 8.34. The molecule has 0 bridgehead atoms. The number of hydrogen-bond acceptors (Lipinski definition) is 3. The molecule has 0 aliphatic rings. The molecule has 0 fully saturated rings. The molecule has 0 saturated heterocycles. The molecule has 3 rings (SSSR count). The fourth-order valence-corrected chi connectivity index (χ4v) is 3.04. The van der Waals surface area contributed by atoms with Gasteiger partial charge in [-0.1, -0.05) is 60.1 Å². The number of aromatic nitrogens is 1. The third-order valence-electron chi connectivity index (χ3n) is 3.75. The molecular weight excluding hydrogens is 320 g/mol. The number of anilines is 1. The van der Waals surface area contributed by atoms with Crippen LogP contribution in [-0.4, -0.2) is 15.6 Å². The molecule has 2 N–H and O–H groups in total. The van der Waals surface area contributed by atoms with Crippen LogP contribution in [0.15, 0.2) is 54.6 Å². The maximum Gasteiger partial charge on any atom is 0.134 e. The van der Waals surface area contributed by atoms with Gasteiger partial charge in [0.05, 0.1) is 10.5 Å². The summed E-state index contributed by atoms with van der Waals surface area (Å²) in [4.78, 5) is 4.71. The van der Waals surface area contributed by atoms with Crippen molar-refractivity contribution in [1.29, 1.82) is 0 Å². The van der Waals surface area contributed by atoms with Crippen molar-refractivity contribution in [3.63, 3.8) is 0 Å². The summed E-state index contributed by atoms with van der Waals surface area (Å²) < 4.78 is 0. The van der Waals surface area contributed by atoms with Crippen LogP contribution in [0.2, 0.25) is 5.02 Å². The Morgan fingerprint density at radius 2 is 1.62 bits per heavy atom. The SMILES string of the molecule is CC(C)(C)Nc1nc2ccccc2c(Cl)c1C(O)c1ccccc1. The van der Waals surface area contributed by atoms with Gasteiger partial charge in [0, 0.05) is 16.5 Å². The molecule has 0 amide bonds. The van der Waals surface area contributed by atoms with Crippen LogP contribution >= 0.6 is 11.6 Å². The Kier molecular flexibility index (Phi) is 4.48. The van der Waals surface area contributed by atoms with E-state index in [4.69, 9.17) is 16.6 Å². The number of rotatable bonds is 3. The molecule has 1 unspecified atom stereocenters. The summed E-state index contributed by atoms with van der Waals surface area (Å²) in [5, 5.41) is 15.7. The van der Waals surface area contributed by atoms with Crippen molar-refractivity contribution in [2.24, 2.45) is 0 Å². The monoisotopic (exact) mass is 340 g/mol. The average molecular weight is 341 g/mol. The second-order valence-electron chi connectivity index (χ2n) is 6.89. The van der Waals surface area contributed by atoms with Gasteiger partial charge >= 0.3 is 0 Å². The number of para-hydroxylation sites is 1. The third kappa shape index (κ3) is 3.37. The van der Waals surface area contributed by atoms with Gasteiger partial charge in [-0.25, -0.2) is 4.98 Å². The lowest BCUT2D eigenvalue weighted by Gasteiger charge is -2.26. The summed E-state index contributed by atoms with van der Waals surface area (Å²) in [6, 6.07) is 17.2. The predicted molar refractivity (Wildman–Crippen MR) is 101 cm³/mol. The van der Waals surface area contributed by atoms with Crippen molar-refractivity contribution in [2.75, 3.05) is 5.32 Å². The highest BCUT2D eigenvalue weighted by Gasteiger charge is 2.24. The molecule has 0 aliphatic carbocycles. The highest BCUT2D eigenvalue weighted by atomic mass is 35.5. The number of nitrogens with zero attached hydrogens (tertiary/aromatic N) is 1. The van der Waals surface area contributed by atoms with Gasteiger partial charge in [-0.15, -0.1) is 0 Å². The van der Waals surface area contributed by atoms with E-state index in [1.807, 2.05) is 54.6 Å². The lowest BCUT2D eigenvalue weighted by molar-refractivity contribution is 0.220. The van der Waals surface area contributed by atoms with Gasteiger partial charge in [0.2, 0.25) is 0 Å². The molecule has 3 nitrogen and oxygen atoms in total. The van der Waals surface area contributed by atoms with E-state index in [9.17, 15) is 5.11 Å². The van der Waals surface area contributed by atoms with Crippen LogP contribution in [0.1, 0.15) is 38.0 Å². The van der Waals surface area contributed by atoms with Crippen LogP contribution in [0.4, 0.5) is 5.82 Å². The van der Waals surface area contributed by atoms with Gasteiger partial charge in [-0.05, 0) is 32.4 Å². The van der Waals surface area contributed by atoms with E-state index >= 15 is 0 Å². The second kappa shape index (κ2) is 6.42. The number of hydrogen-bond donors (Lipinski definition) is 2. The zero-order valence-electron chi connectivity index (χ0n) is 14.0. The average Bonchev–Trinajstić information content (AvgIpc) is 2.54. The smallest absolute Gasteiger partial charge is 0.134 e. The normalized spacial score (nSPS) is 13.0. The molecule has 1 aromatic heterocycles. The van der Waals surface area contributed by atoms with Crippen molar-refractivity contribution in [3.05, 3.63) is 70.7 Å². The summed E-state index contributed by atoms with van der Waals surface area (Å²) in [7, 11) is 0. The Morgan fingerprint density at radius 3 is 2.29 bits per heavy atom. The van der Waals surface area contributed by atoms with Crippen LogP contribution in [0.25, 0.3) is 10.9 Å². The summed E-state index contributed by atoms with van der Waals surface area (Å²) in [5.74, 6) is 0.613. The first-order chi connectivity index (χ1) is 11.4. The van der Waals surface area contributed by atoms with E-state index in [-0.39, 0.29) is 5.54 Å². The van der Waals surface area contributed by atoms with Gasteiger partial charge in [0.15, 0.2) is 0 Å². The summed E-state index contributed by atoms with van der Waals surface area (Å²) in [5.41, 5.74) is 1.99. The lowest BCUT2D eigenvalue weighted by Crippen LogP contribution is -2.28. The number of fused-ring (bicyclic) bond motifs is 1. The number of nitrogens with one attached hydrogen (secondary N) is 1. The number of pyridine rings is 1. The molecule has 4 heteroatoms. The second-order valence-corrected chi connectivity index (χ2v) is 7.27. The Morgan fingerprint density at radius 1 is 1.00 bits per heavy atom. The summed E-state index contributed by atoms with van der Waals surface area (Å²) >= 11 is 6.68. The van der Waals surface area contributed by atoms with Crippen LogP contribution in [-0.2, 0) is 0 Å². The molecule has 0 saturated carbocycles. The van der Waals surface area contributed by atoms with Gasteiger partial charge in [-0.2, -0.15) is 0 Å². The number of benzene rings is 2. The third-order valence-corrected chi connectivity index (χ3v) is 4.15. The van der Waals surface area contributed by atoms with E-state index in [0.717, 1.165) is 16.5 Å². The molecule has 0 aliphatic heterocycles. The summed E-state index contributed by atoms with van der Waals surface area (Å²) in [6.07, 6.45) is -0.847. The quantitative estimate of drug-likeness (QED) is 0.690. The Hall–Kier alpha value is -2.10. The molecule has 2 aromatic carbocycles. The number of aliphatic hydroxyl groups excluding tert-OH is 1. The maximum atomic E-state index is 10.9. The summed E-state index contributed by atoms with van der Waals surface area (Å²) in [6.45, 7) is 6.16. The highest BCUT2D eigenvalue weighted by Crippen LogP contribution is 2.38. The minimum absolute atomic E-state index is 0.204. The van der Waals surface area contributed by atoms with Crippen molar-refractivity contribution in [2.45, 2.75) is 32.4 Å². The van der Waals surface area contributed by atoms with Gasteiger partial charge in [0.1, 0.15) is 11.9 Å². The number of aliphatic hydroxyl groups is 1. The lowest BCUT2D eigenvalue weighted by atomic mass is 9.99. The molecule has 3 aromatic rings. The Balaban J connectivity index is 2.23. The molecule has 0 spiro atoms. The Labute approximate surface area is 147 Å². The van der Waals surface area contributed by atoms with Gasteiger partial charge in [-0.3, -0.25) is 0 Å². The van der Waals surface area contributed by atoms with E-state index in [1.165, 1.54) is 0 Å². The minimum Gasteiger partial charge on any atom is -0.383 e. The maximum absolute atomic E-state index is 10.9. The van der Waals surface area contributed by atoms with E-state index in [0.29, 0.717) is 16.4 Å². The standard InChI is InChI=1S/C20H21ClN2O/c1-20(2,3)23-19-16(18(24)13-9-5-4-6-10-13)17(21)14-11-7-8-12-15(14)22-19/h4-12,18,24H,1-3H3,(H,22,23). The molecule has 1 heterocycles. The molecule has 124 valence electrons. The first-order valence-electron chi connectivity index (χ1n) is 7.96. The van der Waals surface area contributed by atoms with E-state index in [1.54, 1.807) is 0 Å². The predicted octanol–water partition coefficient (Wildman–Crippen LogP) is 5.18. The highest BCUT2D eigenvalue weighted by molar-refractivity contribution is 6.36. The molecule has 1 atom stereocenters. The van der Waals surface area contributed by atoms with Gasteiger partial charge in [0.25, 0.3) is 0 Å². The van der Waals surface area contributed by atoms with Gasteiger partial charge < -0.3 is 10.4 Å². The van der Waals surface area contributed by atoms with E-state index < -0.39 is 6.10 Å². The topological polar surface area (TPSA) is 45.2 Å².